The molecule has 92 valence electrons. The van der Waals surface area contributed by atoms with Crippen molar-refractivity contribution >= 4 is 5.69 Å². The molecule has 0 radical (unpaired) electrons. The third-order valence-electron chi connectivity index (χ3n) is 2.46. The largest absolute Gasteiger partial charge is 0.491 e. The minimum atomic E-state index is -0.454. The first-order valence-electron chi connectivity index (χ1n) is 5.54. The molecule has 0 saturated heterocycles. The maximum Gasteiger partial charge on any atom is 0.167 e. The van der Waals surface area contributed by atoms with Gasteiger partial charge >= 0.3 is 0 Å². The van der Waals surface area contributed by atoms with E-state index < -0.39 is 5.82 Å². The van der Waals surface area contributed by atoms with Gasteiger partial charge in [0.25, 0.3) is 0 Å². The zero-order valence-electron chi connectivity index (χ0n) is 10.2. The Morgan fingerprint density at radius 3 is 2.76 bits per heavy atom. The number of benzene rings is 1. The van der Waals surface area contributed by atoms with E-state index in [2.05, 4.69) is 6.07 Å². The van der Waals surface area contributed by atoms with Crippen LogP contribution in [0.5, 0.6) is 5.75 Å². The van der Waals surface area contributed by atoms with Gasteiger partial charge in [-0.2, -0.15) is 5.26 Å². The van der Waals surface area contributed by atoms with Crippen LogP contribution in [0.1, 0.15) is 26.7 Å². The van der Waals surface area contributed by atoms with Crippen molar-refractivity contribution in [2.75, 3.05) is 12.3 Å². The van der Waals surface area contributed by atoms with Crippen molar-refractivity contribution < 1.29 is 9.13 Å². The highest BCUT2D eigenvalue weighted by Gasteiger charge is 2.15. The molecule has 2 N–H and O–H groups in total. The number of nitrogen functional groups attached to an aromatic ring is 1. The Balaban J connectivity index is 2.39. The summed E-state index contributed by atoms with van der Waals surface area (Å²) in [6, 6.07) is 6.55. The van der Waals surface area contributed by atoms with Gasteiger partial charge in [0.1, 0.15) is 0 Å². The maximum absolute atomic E-state index is 13.3. The van der Waals surface area contributed by atoms with Crippen LogP contribution in [0, 0.1) is 22.6 Å². The van der Waals surface area contributed by atoms with E-state index in [1.807, 2.05) is 13.8 Å². The molecule has 0 heterocycles. The summed E-state index contributed by atoms with van der Waals surface area (Å²) in [5, 5.41) is 8.82. The van der Waals surface area contributed by atoms with E-state index in [9.17, 15) is 4.39 Å². The summed E-state index contributed by atoms with van der Waals surface area (Å²) in [5.74, 6) is -0.251. The highest BCUT2D eigenvalue weighted by Crippen LogP contribution is 2.22. The van der Waals surface area contributed by atoms with Crippen LogP contribution in [0.25, 0.3) is 0 Å². The van der Waals surface area contributed by atoms with Crippen molar-refractivity contribution in [3.63, 3.8) is 0 Å². The predicted molar refractivity (Wildman–Crippen MR) is 64.9 cm³/mol. The Hall–Kier alpha value is -1.76. The molecule has 0 unspecified atom stereocenters. The zero-order valence-corrected chi connectivity index (χ0v) is 10.2. The van der Waals surface area contributed by atoms with E-state index in [0.717, 1.165) is 6.42 Å². The summed E-state index contributed by atoms with van der Waals surface area (Å²) in [6.07, 6.45) is 1.43. The molecule has 0 atom stereocenters. The van der Waals surface area contributed by atoms with Crippen molar-refractivity contribution in [3.8, 4) is 11.8 Å². The van der Waals surface area contributed by atoms with Gasteiger partial charge in [-0.3, -0.25) is 0 Å². The summed E-state index contributed by atoms with van der Waals surface area (Å²) in [7, 11) is 0. The lowest BCUT2D eigenvalue weighted by Crippen LogP contribution is -2.10. The Bertz CT molecular complexity index is 424. The highest BCUT2D eigenvalue weighted by molar-refractivity contribution is 5.42. The normalized spacial score (nSPS) is 10.9. The first-order chi connectivity index (χ1) is 7.94. The zero-order chi connectivity index (χ0) is 12.9. The molecule has 0 amide bonds. The van der Waals surface area contributed by atoms with Gasteiger partial charge in [-0.25, -0.2) is 4.39 Å². The molecule has 0 aliphatic carbocycles. The second kappa shape index (κ2) is 5.53. The molecular weight excluding hydrogens is 219 g/mol. The summed E-state index contributed by atoms with van der Waals surface area (Å²) >= 11 is 0. The number of nitrogens with two attached hydrogens (primary N) is 1. The van der Waals surface area contributed by atoms with Crippen LogP contribution in [0.2, 0.25) is 0 Å². The third kappa shape index (κ3) is 4.31. The first-order valence-corrected chi connectivity index (χ1v) is 5.54. The molecule has 1 aromatic carbocycles. The molecule has 0 bridgehead atoms. The second-order valence-electron chi connectivity index (χ2n) is 4.64. The quantitative estimate of drug-likeness (QED) is 0.631. The minimum absolute atomic E-state index is 0.203. The van der Waals surface area contributed by atoms with Crippen molar-refractivity contribution in [2.24, 2.45) is 5.41 Å². The van der Waals surface area contributed by atoms with Crippen LogP contribution in [0.3, 0.4) is 0 Å². The van der Waals surface area contributed by atoms with E-state index in [4.69, 9.17) is 15.7 Å². The van der Waals surface area contributed by atoms with Gasteiger partial charge in [-0.1, -0.05) is 0 Å². The fourth-order valence-corrected chi connectivity index (χ4v) is 1.39. The van der Waals surface area contributed by atoms with E-state index in [-0.39, 0.29) is 11.2 Å². The lowest BCUT2D eigenvalue weighted by molar-refractivity contribution is 0.273. The monoisotopic (exact) mass is 236 g/mol. The summed E-state index contributed by atoms with van der Waals surface area (Å²) in [4.78, 5) is 0. The van der Waals surface area contributed by atoms with Crippen LogP contribution in [-0.2, 0) is 0 Å². The molecule has 0 fully saturated rings. The Morgan fingerprint density at radius 2 is 2.18 bits per heavy atom. The summed E-state index contributed by atoms with van der Waals surface area (Å²) in [6.45, 7) is 4.14. The molecule has 1 aromatic rings. The maximum atomic E-state index is 13.3. The second-order valence-corrected chi connectivity index (χ2v) is 4.64. The summed E-state index contributed by atoms with van der Waals surface area (Å²) < 4.78 is 18.6. The van der Waals surface area contributed by atoms with E-state index in [1.165, 1.54) is 12.1 Å². The fraction of sp³-hybridized carbons (Fsp3) is 0.462. The Kier molecular flexibility index (Phi) is 4.33. The fourth-order valence-electron chi connectivity index (χ4n) is 1.39. The summed E-state index contributed by atoms with van der Waals surface area (Å²) in [5.41, 5.74) is 5.44. The van der Waals surface area contributed by atoms with E-state index in [1.54, 1.807) is 6.07 Å². The third-order valence-corrected chi connectivity index (χ3v) is 2.46. The molecule has 4 heteroatoms. The lowest BCUT2D eigenvalue weighted by Gasteiger charge is -2.14. The van der Waals surface area contributed by atoms with Gasteiger partial charge in [0, 0.05) is 11.8 Å². The van der Waals surface area contributed by atoms with Gasteiger partial charge in [-0.15, -0.1) is 0 Å². The standard InChI is InChI=1S/C13H17FN2O/c1-13(2,9-15)6-3-7-17-12-5-4-10(16)8-11(12)14/h4-5,8H,3,6-7,16H2,1-2H3. The van der Waals surface area contributed by atoms with Crippen molar-refractivity contribution in [1.82, 2.24) is 0 Å². The van der Waals surface area contributed by atoms with Crippen LogP contribution in [0.15, 0.2) is 18.2 Å². The topological polar surface area (TPSA) is 59.0 Å². The molecule has 0 aliphatic heterocycles. The van der Waals surface area contributed by atoms with Gasteiger partial charge in [0.2, 0.25) is 0 Å². The van der Waals surface area contributed by atoms with Crippen LogP contribution in [-0.4, -0.2) is 6.61 Å². The minimum Gasteiger partial charge on any atom is -0.491 e. The van der Waals surface area contributed by atoms with Gasteiger partial charge in [-0.05, 0) is 38.8 Å². The number of rotatable bonds is 5. The molecule has 0 spiro atoms. The van der Waals surface area contributed by atoms with Gasteiger partial charge in [0.15, 0.2) is 11.6 Å². The smallest absolute Gasteiger partial charge is 0.167 e. The van der Waals surface area contributed by atoms with Crippen LogP contribution < -0.4 is 10.5 Å². The van der Waals surface area contributed by atoms with Crippen molar-refractivity contribution in [2.45, 2.75) is 26.7 Å². The van der Waals surface area contributed by atoms with Crippen LogP contribution >= 0.6 is 0 Å². The average molecular weight is 236 g/mol. The number of ether oxygens (including phenoxy) is 1. The van der Waals surface area contributed by atoms with Gasteiger partial charge in [0.05, 0.1) is 18.1 Å². The molecule has 0 saturated carbocycles. The molecular formula is C13H17FN2O. The lowest BCUT2D eigenvalue weighted by atomic mass is 9.90. The van der Waals surface area contributed by atoms with E-state index in [0.29, 0.717) is 18.7 Å². The molecule has 0 aliphatic rings. The SMILES string of the molecule is CC(C)(C#N)CCCOc1ccc(N)cc1F. The average Bonchev–Trinajstić information content (AvgIpc) is 2.27. The predicted octanol–water partition coefficient (Wildman–Crippen LogP) is 3.12. The van der Waals surface area contributed by atoms with Crippen molar-refractivity contribution in [1.29, 1.82) is 5.26 Å². The highest BCUT2D eigenvalue weighted by atomic mass is 19.1. The van der Waals surface area contributed by atoms with Gasteiger partial charge < -0.3 is 10.5 Å². The van der Waals surface area contributed by atoms with Crippen molar-refractivity contribution in [3.05, 3.63) is 24.0 Å². The number of hydrogen-bond acceptors (Lipinski definition) is 3. The number of nitriles is 1. The van der Waals surface area contributed by atoms with Crippen LogP contribution in [0.4, 0.5) is 10.1 Å². The first kappa shape index (κ1) is 13.3. The van der Waals surface area contributed by atoms with E-state index >= 15 is 0 Å². The molecule has 17 heavy (non-hydrogen) atoms. The number of anilines is 1. The molecule has 3 nitrogen and oxygen atoms in total. The Morgan fingerprint density at radius 1 is 1.47 bits per heavy atom. The molecule has 1 rings (SSSR count). The Labute approximate surface area is 101 Å². The number of nitrogens with zero attached hydrogens (tertiary/aromatic N) is 1. The number of halogens is 1. The number of hydrogen-bond donors (Lipinski definition) is 1. The molecule has 0 aromatic heterocycles.